The van der Waals surface area contributed by atoms with Crippen LogP contribution in [0.25, 0.3) is 0 Å². The number of nitrogens with zero attached hydrogens (tertiary/aromatic N) is 2. The fourth-order valence-electron chi connectivity index (χ4n) is 3.23. The molecule has 0 amide bonds. The zero-order chi connectivity index (χ0) is 14.6. The Morgan fingerprint density at radius 1 is 1.40 bits per heavy atom. The Balaban J connectivity index is 1.76. The van der Waals surface area contributed by atoms with Gasteiger partial charge in [-0.25, -0.2) is 0 Å². The minimum atomic E-state index is -0.306. The van der Waals surface area contributed by atoms with Gasteiger partial charge in [0.25, 0.3) is 0 Å². The summed E-state index contributed by atoms with van der Waals surface area (Å²) in [6.07, 6.45) is 6.86. The molecule has 1 saturated carbocycles. The van der Waals surface area contributed by atoms with Crippen LogP contribution in [0.5, 0.6) is 0 Å². The summed E-state index contributed by atoms with van der Waals surface area (Å²) in [5.41, 5.74) is -0.306. The number of hydrogen-bond acceptors (Lipinski definition) is 4. The van der Waals surface area contributed by atoms with Crippen LogP contribution in [0, 0.1) is 11.3 Å². The maximum Gasteiger partial charge on any atom is 0.106 e. The second-order valence-corrected chi connectivity index (χ2v) is 6.48. The summed E-state index contributed by atoms with van der Waals surface area (Å²) >= 11 is 0. The van der Waals surface area contributed by atoms with Gasteiger partial charge >= 0.3 is 0 Å². The maximum atomic E-state index is 9.53. The lowest BCUT2D eigenvalue weighted by atomic mass is 9.91. The maximum absolute atomic E-state index is 9.53. The molecule has 1 aliphatic carbocycles. The van der Waals surface area contributed by atoms with Crippen molar-refractivity contribution in [3.05, 3.63) is 0 Å². The summed E-state index contributed by atoms with van der Waals surface area (Å²) in [7, 11) is 2.18. The molecule has 0 aromatic carbocycles. The van der Waals surface area contributed by atoms with Gasteiger partial charge in [-0.3, -0.25) is 5.32 Å². The second kappa shape index (κ2) is 6.89. The van der Waals surface area contributed by atoms with Crippen LogP contribution in [0.4, 0.5) is 0 Å². The quantitative estimate of drug-likeness (QED) is 0.740. The average Bonchev–Trinajstić information content (AvgIpc) is 3.16. The normalized spacial score (nSPS) is 29.4. The van der Waals surface area contributed by atoms with Crippen molar-refractivity contribution in [3.8, 4) is 6.07 Å². The zero-order valence-corrected chi connectivity index (χ0v) is 13.2. The van der Waals surface area contributed by atoms with Crippen LogP contribution in [0.2, 0.25) is 0 Å². The Bertz CT molecular complexity index is 350. The molecule has 4 heteroatoms. The van der Waals surface area contributed by atoms with E-state index in [0.29, 0.717) is 18.2 Å². The number of nitrogens with one attached hydrogen (secondary N) is 1. The van der Waals surface area contributed by atoms with Crippen LogP contribution >= 0.6 is 0 Å². The van der Waals surface area contributed by atoms with Crippen LogP contribution in [0.15, 0.2) is 0 Å². The molecule has 2 aliphatic rings. The number of hydrogen-bond donors (Lipinski definition) is 1. The summed E-state index contributed by atoms with van der Waals surface area (Å²) in [6, 6.07) is 3.67. The molecule has 114 valence electrons. The van der Waals surface area contributed by atoms with E-state index >= 15 is 0 Å². The largest absolute Gasteiger partial charge is 0.377 e. The molecule has 0 aromatic heterocycles. The number of likely N-dealkylation sites (N-methyl/N-ethyl adjacent to an activating group) is 1. The van der Waals surface area contributed by atoms with Crippen molar-refractivity contribution in [1.29, 1.82) is 5.26 Å². The van der Waals surface area contributed by atoms with Crippen molar-refractivity contribution in [2.45, 2.75) is 76.1 Å². The smallest absolute Gasteiger partial charge is 0.106 e. The molecule has 0 spiro atoms. The third-order valence-electron chi connectivity index (χ3n) is 4.89. The molecule has 0 radical (unpaired) electrons. The minimum absolute atomic E-state index is 0.306. The highest BCUT2D eigenvalue weighted by molar-refractivity contribution is 5.09. The van der Waals surface area contributed by atoms with Gasteiger partial charge in [0.2, 0.25) is 0 Å². The first kappa shape index (κ1) is 15.8. The molecule has 1 aliphatic heterocycles. The fourth-order valence-corrected chi connectivity index (χ4v) is 3.23. The highest BCUT2D eigenvalue weighted by Crippen LogP contribution is 2.27. The Labute approximate surface area is 123 Å². The SMILES string of the molecule is CCC(C#N)(CCCN(C)C1CCOC1C)NC1CC1. The Hall–Kier alpha value is -0.630. The van der Waals surface area contributed by atoms with E-state index in [1.807, 2.05) is 0 Å². The first-order chi connectivity index (χ1) is 9.60. The van der Waals surface area contributed by atoms with Crippen molar-refractivity contribution in [1.82, 2.24) is 10.2 Å². The molecular weight excluding hydrogens is 250 g/mol. The Morgan fingerprint density at radius 2 is 2.15 bits per heavy atom. The van der Waals surface area contributed by atoms with E-state index in [4.69, 9.17) is 4.74 Å². The van der Waals surface area contributed by atoms with Crippen LogP contribution in [-0.4, -0.2) is 48.8 Å². The summed E-state index contributed by atoms with van der Waals surface area (Å²) in [6.45, 7) is 6.22. The van der Waals surface area contributed by atoms with E-state index < -0.39 is 0 Å². The Morgan fingerprint density at radius 3 is 2.65 bits per heavy atom. The molecule has 1 N–H and O–H groups in total. The van der Waals surface area contributed by atoms with Crippen molar-refractivity contribution in [2.75, 3.05) is 20.2 Å². The van der Waals surface area contributed by atoms with E-state index in [-0.39, 0.29) is 5.54 Å². The number of ether oxygens (including phenoxy) is 1. The molecule has 1 saturated heterocycles. The monoisotopic (exact) mass is 279 g/mol. The third kappa shape index (κ3) is 3.94. The first-order valence-electron chi connectivity index (χ1n) is 8.11. The molecule has 3 unspecified atom stereocenters. The molecule has 3 atom stereocenters. The van der Waals surface area contributed by atoms with Gasteiger partial charge in [0, 0.05) is 18.7 Å². The zero-order valence-electron chi connectivity index (χ0n) is 13.2. The molecule has 1 heterocycles. The molecule has 2 fully saturated rings. The second-order valence-electron chi connectivity index (χ2n) is 6.48. The van der Waals surface area contributed by atoms with Crippen molar-refractivity contribution in [2.24, 2.45) is 0 Å². The number of nitriles is 1. The molecule has 0 bridgehead atoms. The summed E-state index contributed by atoms with van der Waals surface area (Å²) in [4.78, 5) is 2.41. The van der Waals surface area contributed by atoms with Gasteiger partial charge in [0.1, 0.15) is 5.54 Å². The molecular formula is C16H29N3O. The predicted molar refractivity (Wildman–Crippen MR) is 80.5 cm³/mol. The van der Waals surface area contributed by atoms with Crippen molar-refractivity contribution >= 4 is 0 Å². The van der Waals surface area contributed by atoms with Crippen LogP contribution in [0.1, 0.15) is 52.4 Å². The molecule has 2 rings (SSSR count). The number of rotatable bonds is 8. The van der Waals surface area contributed by atoms with Crippen LogP contribution < -0.4 is 5.32 Å². The summed E-state index contributed by atoms with van der Waals surface area (Å²) in [5, 5.41) is 13.1. The summed E-state index contributed by atoms with van der Waals surface area (Å²) < 4.78 is 5.63. The van der Waals surface area contributed by atoms with Crippen molar-refractivity contribution < 1.29 is 4.74 Å². The van der Waals surface area contributed by atoms with Gasteiger partial charge in [-0.15, -0.1) is 0 Å². The van der Waals surface area contributed by atoms with E-state index in [1.165, 1.54) is 12.8 Å². The molecule has 0 aromatic rings. The lowest BCUT2D eigenvalue weighted by Gasteiger charge is -2.30. The summed E-state index contributed by atoms with van der Waals surface area (Å²) in [5.74, 6) is 0. The van der Waals surface area contributed by atoms with E-state index in [2.05, 4.69) is 37.2 Å². The average molecular weight is 279 g/mol. The lowest BCUT2D eigenvalue weighted by molar-refractivity contribution is 0.0825. The van der Waals surface area contributed by atoms with Crippen LogP contribution in [0.3, 0.4) is 0 Å². The van der Waals surface area contributed by atoms with Gasteiger partial charge in [0.15, 0.2) is 0 Å². The first-order valence-corrected chi connectivity index (χ1v) is 8.11. The predicted octanol–water partition coefficient (Wildman–Crippen LogP) is 2.30. The minimum Gasteiger partial charge on any atom is -0.377 e. The topological polar surface area (TPSA) is 48.3 Å². The highest BCUT2D eigenvalue weighted by Gasteiger charge is 2.35. The van der Waals surface area contributed by atoms with Crippen LogP contribution in [-0.2, 0) is 4.74 Å². The highest BCUT2D eigenvalue weighted by atomic mass is 16.5. The Kier molecular flexibility index (Phi) is 5.42. The van der Waals surface area contributed by atoms with Gasteiger partial charge in [0.05, 0.1) is 12.2 Å². The lowest BCUT2D eigenvalue weighted by Crippen LogP contribution is -2.45. The molecule has 20 heavy (non-hydrogen) atoms. The fraction of sp³-hybridized carbons (Fsp3) is 0.938. The van der Waals surface area contributed by atoms with Gasteiger partial charge < -0.3 is 9.64 Å². The van der Waals surface area contributed by atoms with Gasteiger partial charge in [-0.05, 0) is 59.0 Å². The van der Waals surface area contributed by atoms with E-state index in [9.17, 15) is 5.26 Å². The standard InChI is InChI=1S/C16H29N3O/c1-4-16(12-17,18-14-6-7-14)9-5-10-19(3)15-8-11-20-13(15)2/h13-15,18H,4-11H2,1-3H3. The third-order valence-corrected chi connectivity index (χ3v) is 4.89. The van der Waals surface area contributed by atoms with Gasteiger partial charge in [-0.2, -0.15) is 5.26 Å². The van der Waals surface area contributed by atoms with E-state index in [1.54, 1.807) is 0 Å². The van der Waals surface area contributed by atoms with Crippen molar-refractivity contribution in [3.63, 3.8) is 0 Å². The van der Waals surface area contributed by atoms with Gasteiger partial charge in [-0.1, -0.05) is 6.92 Å². The van der Waals surface area contributed by atoms with E-state index in [0.717, 1.165) is 38.8 Å². The molecule has 4 nitrogen and oxygen atoms in total.